The molecule has 1 aromatic heterocycles. The molecule has 0 atom stereocenters. The average molecular weight is 405 g/mol. The minimum Gasteiger partial charge on any atom is -0.352 e. The number of imidazole rings is 1. The molecule has 0 fully saturated rings. The van der Waals surface area contributed by atoms with Crippen molar-refractivity contribution in [2.75, 3.05) is 0 Å². The van der Waals surface area contributed by atoms with Gasteiger partial charge < -0.3 is 9.88 Å². The molecule has 6 heteroatoms. The van der Waals surface area contributed by atoms with Crippen molar-refractivity contribution in [1.29, 1.82) is 0 Å². The van der Waals surface area contributed by atoms with Gasteiger partial charge in [0.05, 0.1) is 11.0 Å². The van der Waals surface area contributed by atoms with Crippen LogP contribution in [0.3, 0.4) is 0 Å². The fraction of sp³-hybridized carbons (Fsp3) is 0.167. The highest BCUT2D eigenvalue weighted by Gasteiger charge is 2.13. The molecule has 1 heterocycles. The molecular formula is C24H21F2N3O. The van der Waals surface area contributed by atoms with Crippen LogP contribution in [0.4, 0.5) is 8.78 Å². The smallest absolute Gasteiger partial charge is 0.222 e. The highest BCUT2D eigenvalue weighted by atomic mass is 19.1. The number of aromatic nitrogens is 2. The molecule has 0 saturated heterocycles. The molecule has 1 amide bonds. The zero-order chi connectivity index (χ0) is 20.9. The lowest BCUT2D eigenvalue weighted by molar-refractivity contribution is -0.121. The van der Waals surface area contributed by atoms with Gasteiger partial charge in [-0.05, 0) is 47.5 Å². The summed E-state index contributed by atoms with van der Waals surface area (Å²) in [5.41, 5.74) is 3.62. The number of aryl methyl sites for hydroxylation is 1. The van der Waals surface area contributed by atoms with Crippen molar-refractivity contribution >= 4 is 16.9 Å². The molecule has 0 saturated carbocycles. The van der Waals surface area contributed by atoms with Crippen LogP contribution in [-0.4, -0.2) is 15.5 Å². The standard InChI is InChI=1S/C24H21F2N3O/c25-19-9-5-17(6-10-19)15-23-28-21-3-1-2-4-22(21)29(23)14-13-24(30)27-16-18-7-11-20(26)12-8-18/h1-12H,13-16H2,(H,27,30). The van der Waals surface area contributed by atoms with Crippen LogP contribution in [0, 0.1) is 11.6 Å². The maximum absolute atomic E-state index is 13.2. The third kappa shape index (κ3) is 4.71. The third-order valence-electron chi connectivity index (χ3n) is 4.97. The summed E-state index contributed by atoms with van der Waals surface area (Å²) >= 11 is 0. The first-order valence-corrected chi connectivity index (χ1v) is 9.78. The van der Waals surface area contributed by atoms with Gasteiger partial charge >= 0.3 is 0 Å². The quantitative estimate of drug-likeness (QED) is 0.488. The summed E-state index contributed by atoms with van der Waals surface area (Å²) < 4.78 is 28.2. The van der Waals surface area contributed by atoms with Crippen LogP contribution < -0.4 is 5.32 Å². The van der Waals surface area contributed by atoms with Gasteiger partial charge in [-0.15, -0.1) is 0 Å². The first-order valence-electron chi connectivity index (χ1n) is 9.78. The number of fused-ring (bicyclic) bond motifs is 1. The Morgan fingerprint density at radius 2 is 1.50 bits per heavy atom. The van der Waals surface area contributed by atoms with Crippen molar-refractivity contribution in [2.45, 2.75) is 25.9 Å². The van der Waals surface area contributed by atoms with Gasteiger partial charge in [-0.2, -0.15) is 0 Å². The van der Waals surface area contributed by atoms with Gasteiger partial charge in [0, 0.05) is 25.9 Å². The molecule has 0 bridgehead atoms. The number of hydrogen-bond acceptors (Lipinski definition) is 2. The van der Waals surface area contributed by atoms with Gasteiger partial charge in [0.1, 0.15) is 17.5 Å². The van der Waals surface area contributed by atoms with Crippen molar-refractivity contribution in [3.8, 4) is 0 Å². The lowest BCUT2D eigenvalue weighted by Gasteiger charge is -2.10. The fourth-order valence-corrected chi connectivity index (χ4v) is 3.40. The number of nitrogens with one attached hydrogen (secondary N) is 1. The first kappa shape index (κ1) is 19.8. The van der Waals surface area contributed by atoms with Crippen molar-refractivity contribution in [3.05, 3.63) is 101 Å². The van der Waals surface area contributed by atoms with Crippen LogP contribution in [0.1, 0.15) is 23.4 Å². The zero-order valence-electron chi connectivity index (χ0n) is 16.3. The Labute approximate surface area is 173 Å². The zero-order valence-corrected chi connectivity index (χ0v) is 16.3. The van der Waals surface area contributed by atoms with E-state index in [0.717, 1.165) is 28.0 Å². The molecule has 3 aromatic carbocycles. The summed E-state index contributed by atoms with van der Waals surface area (Å²) in [5.74, 6) is 0.162. The maximum atomic E-state index is 13.2. The SMILES string of the molecule is O=C(CCn1c(Cc2ccc(F)cc2)nc2ccccc21)NCc1ccc(F)cc1. The Morgan fingerprint density at radius 3 is 2.20 bits per heavy atom. The Hall–Kier alpha value is -3.54. The number of nitrogens with zero attached hydrogens (tertiary/aromatic N) is 2. The molecule has 152 valence electrons. The van der Waals surface area contributed by atoms with Gasteiger partial charge in [-0.25, -0.2) is 13.8 Å². The maximum Gasteiger partial charge on any atom is 0.222 e. The molecular weight excluding hydrogens is 384 g/mol. The van der Waals surface area contributed by atoms with E-state index in [-0.39, 0.29) is 24.0 Å². The molecule has 0 aliphatic heterocycles. The lowest BCUT2D eigenvalue weighted by atomic mass is 10.1. The third-order valence-corrected chi connectivity index (χ3v) is 4.97. The molecule has 4 aromatic rings. The van der Waals surface area contributed by atoms with Gasteiger partial charge in [-0.1, -0.05) is 36.4 Å². The van der Waals surface area contributed by atoms with E-state index in [0.29, 0.717) is 19.5 Å². The Kier molecular flexibility index (Phi) is 5.84. The van der Waals surface area contributed by atoms with E-state index >= 15 is 0 Å². The number of rotatable bonds is 7. The van der Waals surface area contributed by atoms with Gasteiger partial charge in [0.2, 0.25) is 5.91 Å². The monoisotopic (exact) mass is 405 g/mol. The number of benzene rings is 3. The number of halogens is 2. The molecule has 1 N–H and O–H groups in total. The van der Waals surface area contributed by atoms with Gasteiger partial charge in [0.25, 0.3) is 0 Å². The van der Waals surface area contributed by atoms with E-state index in [2.05, 4.69) is 5.32 Å². The molecule has 0 unspecified atom stereocenters. The summed E-state index contributed by atoms with van der Waals surface area (Å²) in [6.45, 7) is 0.832. The van der Waals surface area contributed by atoms with Crippen molar-refractivity contribution in [3.63, 3.8) is 0 Å². The predicted molar refractivity (Wildman–Crippen MR) is 112 cm³/mol. The van der Waals surface area contributed by atoms with Crippen LogP contribution >= 0.6 is 0 Å². The molecule has 4 rings (SSSR count). The second-order valence-corrected chi connectivity index (χ2v) is 7.12. The summed E-state index contributed by atoms with van der Waals surface area (Å²) in [6, 6.07) is 20.2. The molecule has 0 spiro atoms. The van der Waals surface area contributed by atoms with E-state index in [1.165, 1.54) is 24.3 Å². The second-order valence-electron chi connectivity index (χ2n) is 7.12. The van der Waals surface area contributed by atoms with Crippen molar-refractivity contribution in [2.24, 2.45) is 0 Å². The highest BCUT2D eigenvalue weighted by Crippen LogP contribution is 2.19. The van der Waals surface area contributed by atoms with Crippen LogP contribution in [0.5, 0.6) is 0 Å². The van der Waals surface area contributed by atoms with E-state index in [1.54, 1.807) is 24.3 Å². The van der Waals surface area contributed by atoms with Gasteiger partial charge in [0.15, 0.2) is 0 Å². The Morgan fingerprint density at radius 1 is 0.867 bits per heavy atom. The normalized spacial score (nSPS) is 11.0. The van der Waals surface area contributed by atoms with Crippen LogP contribution in [0.2, 0.25) is 0 Å². The molecule has 4 nitrogen and oxygen atoms in total. The number of para-hydroxylation sites is 2. The largest absolute Gasteiger partial charge is 0.352 e. The second kappa shape index (κ2) is 8.86. The van der Waals surface area contributed by atoms with Crippen molar-refractivity contribution in [1.82, 2.24) is 14.9 Å². The van der Waals surface area contributed by atoms with Crippen molar-refractivity contribution < 1.29 is 13.6 Å². The highest BCUT2D eigenvalue weighted by molar-refractivity contribution is 5.78. The van der Waals surface area contributed by atoms with Crippen LogP contribution in [0.15, 0.2) is 72.8 Å². The Bertz CT molecular complexity index is 1150. The van der Waals surface area contributed by atoms with Crippen LogP contribution in [-0.2, 0) is 24.3 Å². The summed E-state index contributed by atoms with van der Waals surface area (Å²) in [5, 5.41) is 2.87. The molecule has 30 heavy (non-hydrogen) atoms. The number of carbonyl (C=O) groups excluding carboxylic acids is 1. The summed E-state index contributed by atoms with van der Waals surface area (Å²) in [7, 11) is 0. The van der Waals surface area contributed by atoms with Crippen LogP contribution in [0.25, 0.3) is 11.0 Å². The molecule has 0 aliphatic rings. The summed E-state index contributed by atoms with van der Waals surface area (Å²) in [4.78, 5) is 17.1. The fourth-order valence-electron chi connectivity index (χ4n) is 3.40. The minimum absolute atomic E-state index is 0.0927. The van der Waals surface area contributed by atoms with E-state index in [4.69, 9.17) is 4.98 Å². The topological polar surface area (TPSA) is 46.9 Å². The lowest BCUT2D eigenvalue weighted by Crippen LogP contribution is -2.24. The Balaban J connectivity index is 1.46. The van der Waals surface area contributed by atoms with E-state index < -0.39 is 0 Å². The minimum atomic E-state index is -0.300. The average Bonchev–Trinajstić information content (AvgIpc) is 3.10. The summed E-state index contributed by atoms with van der Waals surface area (Å²) in [6.07, 6.45) is 0.837. The van der Waals surface area contributed by atoms with E-state index in [9.17, 15) is 13.6 Å². The predicted octanol–water partition coefficient (Wildman–Crippen LogP) is 4.61. The molecule has 0 radical (unpaired) electrons. The number of amides is 1. The number of carbonyl (C=O) groups is 1. The number of hydrogen-bond donors (Lipinski definition) is 1. The van der Waals surface area contributed by atoms with Gasteiger partial charge in [-0.3, -0.25) is 4.79 Å². The first-order chi connectivity index (χ1) is 14.6. The molecule has 0 aliphatic carbocycles. The van der Waals surface area contributed by atoms with E-state index in [1.807, 2.05) is 28.8 Å².